The van der Waals surface area contributed by atoms with E-state index in [1.54, 1.807) is 0 Å². The monoisotopic (exact) mass is 564 g/mol. The molecule has 0 saturated carbocycles. The molecule has 2 N–H and O–H groups in total. The lowest BCUT2D eigenvalue weighted by molar-refractivity contribution is -0.155. The fourth-order valence-corrected chi connectivity index (χ4v) is 4.86. The highest BCUT2D eigenvalue weighted by Crippen LogP contribution is 2.19. The van der Waals surface area contributed by atoms with E-state index in [1.165, 1.54) is 77.0 Å². The average Bonchev–Trinajstić information content (AvgIpc) is 2.96. The van der Waals surface area contributed by atoms with Gasteiger partial charge >= 0.3 is 5.97 Å². The lowest BCUT2D eigenvalue weighted by Crippen LogP contribution is -2.30. The van der Waals surface area contributed by atoms with Crippen LogP contribution in [0, 0.1) is 5.92 Å². The summed E-state index contributed by atoms with van der Waals surface area (Å²) in [5.41, 5.74) is 0. The van der Waals surface area contributed by atoms with Crippen molar-refractivity contribution in [3.8, 4) is 0 Å². The fraction of sp³-hybridized carbons (Fsp3) is 0.829. The quantitative estimate of drug-likeness (QED) is 0.0393. The van der Waals surface area contributed by atoms with Crippen LogP contribution in [0.3, 0.4) is 0 Å². The van der Waals surface area contributed by atoms with Gasteiger partial charge in [0.1, 0.15) is 24.4 Å². The second kappa shape index (κ2) is 30.5. The molecule has 0 rings (SSSR count). The molecule has 0 fully saturated rings. The zero-order chi connectivity index (χ0) is 29.5. The summed E-state index contributed by atoms with van der Waals surface area (Å²) in [7, 11) is 0. The fourth-order valence-electron chi connectivity index (χ4n) is 4.86. The van der Waals surface area contributed by atoms with Crippen molar-refractivity contribution in [2.75, 3.05) is 13.2 Å². The molecule has 40 heavy (non-hydrogen) atoms. The molecule has 0 aliphatic heterocycles. The van der Waals surface area contributed by atoms with Gasteiger partial charge in [-0.25, -0.2) is 0 Å². The molecule has 0 amide bonds. The average molecular weight is 565 g/mol. The molecule has 2 unspecified atom stereocenters. The van der Waals surface area contributed by atoms with Gasteiger partial charge in [-0.1, -0.05) is 134 Å². The Kier molecular flexibility index (Phi) is 29.4. The highest BCUT2D eigenvalue weighted by Gasteiger charge is 2.27. The third-order valence-electron chi connectivity index (χ3n) is 7.52. The first kappa shape index (κ1) is 38.5. The summed E-state index contributed by atoms with van der Waals surface area (Å²) in [5.74, 6) is -1.34. The summed E-state index contributed by atoms with van der Waals surface area (Å²) < 4.78 is 5.17. The molecule has 0 bridgehead atoms. The van der Waals surface area contributed by atoms with Crippen molar-refractivity contribution < 1.29 is 24.5 Å². The number of aliphatic hydroxyl groups excluding tert-OH is 2. The molecule has 0 spiro atoms. The molecule has 0 radical (unpaired) electrons. The number of ether oxygens (including phenoxy) is 1. The molecule has 5 heteroatoms. The summed E-state index contributed by atoms with van der Waals surface area (Å²) in [6.45, 7) is 3.74. The van der Waals surface area contributed by atoms with E-state index < -0.39 is 24.6 Å². The largest absolute Gasteiger partial charge is 0.462 e. The van der Waals surface area contributed by atoms with Gasteiger partial charge in [0.05, 0.1) is 6.61 Å². The third-order valence-corrected chi connectivity index (χ3v) is 7.52. The van der Waals surface area contributed by atoms with Gasteiger partial charge in [0.25, 0.3) is 0 Å². The number of unbranched alkanes of at least 4 members (excludes halogenated alkanes) is 17. The number of rotatable bonds is 30. The van der Waals surface area contributed by atoms with Gasteiger partial charge in [-0.05, 0) is 44.9 Å². The van der Waals surface area contributed by atoms with Crippen LogP contribution >= 0.6 is 0 Å². The number of allylic oxidation sites excluding steroid dienone is 4. The Labute approximate surface area is 247 Å². The van der Waals surface area contributed by atoms with Gasteiger partial charge in [0.2, 0.25) is 0 Å². The van der Waals surface area contributed by atoms with Crippen molar-refractivity contribution in [3.05, 3.63) is 24.3 Å². The van der Waals surface area contributed by atoms with Gasteiger partial charge in [0.15, 0.2) is 0 Å². The molecule has 0 aromatic carbocycles. The number of ketones is 1. The highest BCUT2D eigenvalue weighted by molar-refractivity contribution is 5.98. The minimum absolute atomic E-state index is 0.0369. The first-order valence-corrected chi connectivity index (χ1v) is 16.8. The van der Waals surface area contributed by atoms with E-state index in [-0.39, 0.29) is 12.4 Å². The van der Waals surface area contributed by atoms with Crippen LogP contribution in [0.4, 0.5) is 0 Å². The number of carbonyl (C=O) groups is 2. The maximum Gasteiger partial charge on any atom is 0.316 e. The lowest BCUT2D eigenvalue weighted by atomic mass is 9.93. The van der Waals surface area contributed by atoms with Crippen LogP contribution in [0.15, 0.2) is 24.3 Å². The van der Waals surface area contributed by atoms with Gasteiger partial charge in [-0.3, -0.25) is 9.59 Å². The molecule has 0 heterocycles. The molecular formula is C35H64O5. The number of carbonyl (C=O) groups excluding carboxylic acids is 2. The molecular weight excluding hydrogens is 500 g/mol. The predicted octanol–water partition coefficient (Wildman–Crippen LogP) is 9.19. The van der Waals surface area contributed by atoms with Crippen LogP contribution in [0.1, 0.15) is 162 Å². The first-order chi connectivity index (χ1) is 19.6. The van der Waals surface area contributed by atoms with Crippen molar-refractivity contribution in [3.63, 3.8) is 0 Å². The number of hydrogen-bond donors (Lipinski definition) is 2. The smallest absolute Gasteiger partial charge is 0.316 e. The number of aliphatic hydroxyl groups is 2. The minimum atomic E-state index is -1.10. The summed E-state index contributed by atoms with van der Waals surface area (Å²) in [6, 6.07) is 0. The number of Topliss-reactive ketones (excluding diaryl/α,β-unsaturated/α-hetero) is 1. The molecule has 0 aliphatic rings. The van der Waals surface area contributed by atoms with Crippen LogP contribution in [0.2, 0.25) is 0 Å². The SMILES string of the molecule is CCCCC/C=C\C/C=C\CCCCCCC(C(=O)CCCCCCCCCCCCC)C(=O)OCC(O)CO. The lowest BCUT2D eigenvalue weighted by Gasteiger charge is -2.16. The molecule has 0 aromatic rings. The van der Waals surface area contributed by atoms with Crippen LogP contribution in [0.25, 0.3) is 0 Å². The Morgan fingerprint density at radius 3 is 1.70 bits per heavy atom. The Bertz CT molecular complexity index is 627. The molecule has 0 aliphatic carbocycles. The maximum absolute atomic E-state index is 12.9. The molecule has 2 atom stereocenters. The van der Waals surface area contributed by atoms with E-state index >= 15 is 0 Å². The number of esters is 1. The van der Waals surface area contributed by atoms with Crippen LogP contribution in [0.5, 0.6) is 0 Å². The Morgan fingerprint density at radius 2 is 1.12 bits per heavy atom. The summed E-state index contributed by atoms with van der Waals surface area (Å²) in [6.07, 6.45) is 33.4. The zero-order valence-corrected chi connectivity index (χ0v) is 26.3. The van der Waals surface area contributed by atoms with E-state index in [0.717, 1.165) is 57.8 Å². The van der Waals surface area contributed by atoms with E-state index in [9.17, 15) is 14.7 Å². The van der Waals surface area contributed by atoms with Crippen molar-refractivity contribution >= 4 is 11.8 Å². The standard InChI is InChI=1S/C35H64O5/c1-3-5-7-9-11-13-15-16-17-19-20-22-24-26-28-33(35(39)40-31-32(37)30-36)34(38)29-27-25-23-21-18-14-12-10-8-6-4-2/h11,13,16-17,32-33,36-37H,3-10,12,14-15,18-31H2,1-2H3/b13-11-,17-16-. The van der Waals surface area contributed by atoms with Gasteiger partial charge in [0, 0.05) is 6.42 Å². The zero-order valence-electron chi connectivity index (χ0n) is 26.3. The Morgan fingerprint density at radius 1 is 0.650 bits per heavy atom. The summed E-state index contributed by atoms with van der Waals surface area (Å²) >= 11 is 0. The molecule has 5 nitrogen and oxygen atoms in total. The van der Waals surface area contributed by atoms with Crippen LogP contribution in [-0.2, 0) is 14.3 Å². The van der Waals surface area contributed by atoms with E-state index in [4.69, 9.17) is 9.84 Å². The van der Waals surface area contributed by atoms with E-state index in [2.05, 4.69) is 38.2 Å². The van der Waals surface area contributed by atoms with Gasteiger partial charge in [-0.15, -0.1) is 0 Å². The van der Waals surface area contributed by atoms with Crippen molar-refractivity contribution in [1.29, 1.82) is 0 Å². The van der Waals surface area contributed by atoms with Crippen LogP contribution < -0.4 is 0 Å². The topological polar surface area (TPSA) is 83.8 Å². The van der Waals surface area contributed by atoms with Crippen molar-refractivity contribution in [2.24, 2.45) is 5.92 Å². The summed E-state index contributed by atoms with van der Waals surface area (Å²) in [5, 5.41) is 18.5. The van der Waals surface area contributed by atoms with E-state index in [1.807, 2.05) is 0 Å². The normalized spacial score (nSPS) is 13.3. The molecule has 0 saturated heterocycles. The number of hydrogen-bond acceptors (Lipinski definition) is 5. The molecule has 0 aromatic heterocycles. The van der Waals surface area contributed by atoms with Crippen molar-refractivity contribution in [2.45, 2.75) is 168 Å². The van der Waals surface area contributed by atoms with Gasteiger partial charge < -0.3 is 14.9 Å². The summed E-state index contributed by atoms with van der Waals surface area (Å²) in [4.78, 5) is 25.5. The van der Waals surface area contributed by atoms with Crippen molar-refractivity contribution in [1.82, 2.24) is 0 Å². The first-order valence-electron chi connectivity index (χ1n) is 16.8. The third kappa shape index (κ3) is 25.5. The second-order valence-corrected chi connectivity index (χ2v) is 11.4. The molecule has 234 valence electrons. The highest BCUT2D eigenvalue weighted by atomic mass is 16.5. The van der Waals surface area contributed by atoms with Gasteiger partial charge in [-0.2, -0.15) is 0 Å². The second-order valence-electron chi connectivity index (χ2n) is 11.4. The Hall–Kier alpha value is -1.46. The van der Waals surface area contributed by atoms with E-state index in [0.29, 0.717) is 12.8 Å². The Balaban J connectivity index is 4.18. The maximum atomic E-state index is 12.9. The minimum Gasteiger partial charge on any atom is -0.462 e. The van der Waals surface area contributed by atoms with Crippen LogP contribution in [-0.4, -0.2) is 41.3 Å². The predicted molar refractivity (Wildman–Crippen MR) is 168 cm³/mol.